The minimum atomic E-state index is 0.00285. The molecular formula is C16H20N2O2. The van der Waals surface area contributed by atoms with Crippen molar-refractivity contribution in [2.45, 2.75) is 32.7 Å². The van der Waals surface area contributed by atoms with Crippen molar-refractivity contribution < 1.29 is 9.47 Å². The Morgan fingerprint density at radius 3 is 2.45 bits per heavy atom. The van der Waals surface area contributed by atoms with Crippen LogP contribution < -0.4 is 0 Å². The molecule has 2 aromatic rings. The quantitative estimate of drug-likeness (QED) is 0.807. The molecule has 0 fully saturated rings. The number of aromatic nitrogens is 2. The molecule has 2 heterocycles. The molecule has 0 unspecified atom stereocenters. The summed E-state index contributed by atoms with van der Waals surface area (Å²) in [6.07, 6.45) is 5.48. The fourth-order valence-electron chi connectivity index (χ4n) is 1.82. The van der Waals surface area contributed by atoms with E-state index in [1.807, 2.05) is 50.5 Å². The van der Waals surface area contributed by atoms with Gasteiger partial charge < -0.3 is 9.47 Å². The van der Waals surface area contributed by atoms with Gasteiger partial charge in [0.1, 0.15) is 0 Å². The Hall–Kier alpha value is -1.78. The first-order valence-electron chi connectivity index (χ1n) is 6.70. The third-order valence-corrected chi connectivity index (χ3v) is 3.31. The standard InChI is InChI=1S/C16H20N2O2/c1-12(19-3)15-6-7-16(18-10-15)11-20-13(2)14-5-4-8-17-9-14/h4-10,12-13H,11H2,1-3H3/t12-,13+/m0/s1. The van der Waals surface area contributed by atoms with Crippen LogP contribution in [0.2, 0.25) is 0 Å². The van der Waals surface area contributed by atoms with Crippen molar-refractivity contribution in [3.63, 3.8) is 0 Å². The summed E-state index contributed by atoms with van der Waals surface area (Å²) < 4.78 is 11.1. The summed E-state index contributed by atoms with van der Waals surface area (Å²) in [6, 6.07) is 7.91. The van der Waals surface area contributed by atoms with Gasteiger partial charge in [-0.25, -0.2) is 0 Å². The van der Waals surface area contributed by atoms with Crippen LogP contribution >= 0.6 is 0 Å². The molecule has 0 saturated carbocycles. The van der Waals surface area contributed by atoms with Crippen LogP contribution in [0.15, 0.2) is 42.9 Å². The van der Waals surface area contributed by atoms with E-state index in [4.69, 9.17) is 9.47 Å². The number of hydrogen-bond donors (Lipinski definition) is 0. The van der Waals surface area contributed by atoms with E-state index in [9.17, 15) is 0 Å². The van der Waals surface area contributed by atoms with Gasteiger partial charge in [-0.1, -0.05) is 12.1 Å². The first-order valence-corrected chi connectivity index (χ1v) is 6.70. The van der Waals surface area contributed by atoms with Crippen molar-refractivity contribution in [3.8, 4) is 0 Å². The highest BCUT2D eigenvalue weighted by molar-refractivity contribution is 5.16. The van der Waals surface area contributed by atoms with Crippen molar-refractivity contribution in [2.75, 3.05) is 7.11 Å². The molecule has 0 aliphatic carbocycles. The molecular weight excluding hydrogens is 252 g/mol. The SMILES string of the molecule is CO[C@@H](C)c1ccc(CO[C@H](C)c2cccnc2)nc1. The van der Waals surface area contributed by atoms with Gasteiger partial charge in [0.25, 0.3) is 0 Å². The van der Waals surface area contributed by atoms with Crippen LogP contribution in [0.3, 0.4) is 0 Å². The number of rotatable bonds is 6. The van der Waals surface area contributed by atoms with E-state index in [-0.39, 0.29) is 12.2 Å². The molecule has 0 radical (unpaired) electrons. The van der Waals surface area contributed by atoms with E-state index in [0.29, 0.717) is 6.61 Å². The summed E-state index contributed by atoms with van der Waals surface area (Å²) in [5, 5.41) is 0. The molecule has 0 aromatic carbocycles. The molecule has 0 aliphatic rings. The second-order valence-corrected chi connectivity index (χ2v) is 4.70. The summed E-state index contributed by atoms with van der Waals surface area (Å²) in [7, 11) is 1.69. The molecule has 4 heteroatoms. The van der Waals surface area contributed by atoms with E-state index in [0.717, 1.165) is 16.8 Å². The number of pyridine rings is 2. The minimum Gasteiger partial charge on any atom is -0.377 e. The van der Waals surface area contributed by atoms with Crippen molar-refractivity contribution in [2.24, 2.45) is 0 Å². The molecule has 0 N–H and O–H groups in total. The van der Waals surface area contributed by atoms with E-state index < -0.39 is 0 Å². The average Bonchev–Trinajstić information content (AvgIpc) is 2.53. The van der Waals surface area contributed by atoms with Crippen molar-refractivity contribution in [3.05, 3.63) is 59.7 Å². The van der Waals surface area contributed by atoms with Gasteiger partial charge in [0.15, 0.2) is 0 Å². The van der Waals surface area contributed by atoms with Gasteiger partial charge in [-0.2, -0.15) is 0 Å². The lowest BCUT2D eigenvalue weighted by Gasteiger charge is -2.13. The van der Waals surface area contributed by atoms with E-state index in [1.165, 1.54) is 0 Å². The summed E-state index contributed by atoms with van der Waals surface area (Å²) in [5.74, 6) is 0. The predicted octanol–water partition coefficient (Wildman–Crippen LogP) is 3.46. The second-order valence-electron chi connectivity index (χ2n) is 4.70. The highest BCUT2D eigenvalue weighted by Crippen LogP contribution is 2.18. The highest BCUT2D eigenvalue weighted by atomic mass is 16.5. The van der Waals surface area contributed by atoms with Crippen LogP contribution in [0.4, 0.5) is 0 Å². The fourth-order valence-corrected chi connectivity index (χ4v) is 1.82. The molecule has 2 aromatic heterocycles. The zero-order valence-electron chi connectivity index (χ0n) is 12.1. The smallest absolute Gasteiger partial charge is 0.0896 e. The summed E-state index contributed by atoms with van der Waals surface area (Å²) in [5.41, 5.74) is 3.04. The first-order chi connectivity index (χ1) is 9.70. The predicted molar refractivity (Wildman–Crippen MR) is 77.1 cm³/mol. The van der Waals surface area contributed by atoms with Crippen LogP contribution in [-0.4, -0.2) is 17.1 Å². The molecule has 0 spiro atoms. The Labute approximate surface area is 119 Å². The van der Waals surface area contributed by atoms with Crippen molar-refractivity contribution in [1.29, 1.82) is 0 Å². The third-order valence-electron chi connectivity index (χ3n) is 3.31. The van der Waals surface area contributed by atoms with E-state index in [2.05, 4.69) is 9.97 Å². The number of methoxy groups -OCH3 is 1. The molecule has 106 valence electrons. The molecule has 0 saturated heterocycles. The average molecular weight is 272 g/mol. The number of hydrogen-bond acceptors (Lipinski definition) is 4. The Bertz CT molecular complexity index is 514. The van der Waals surface area contributed by atoms with Gasteiger partial charge in [0.2, 0.25) is 0 Å². The molecule has 0 aliphatic heterocycles. The lowest BCUT2D eigenvalue weighted by Crippen LogP contribution is -2.03. The normalized spacial score (nSPS) is 13.9. The molecule has 20 heavy (non-hydrogen) atoms. The summed E-state index contributed by atoms with van der Waals surface area (Å²) >= 11 is 0. The number of nitrogens with zero attached hydrogens (tertiary/aromatic N) is 2. The van der Waals surface area contributed by atoms with Gasteiger partial charge in [-0.3, -0.25) is 9.97 Å². The maximum atomic E-state index is 5.81. The molecule has 0 amide bonds. The summed E-state index contributed by atoms with van der Waals surface area (Å²) in [6.45, 7) is 4.49. The lowest BCUT2D eigenvalue weighted by atomic mass is 10.1. The Balaban J connectivity index is 1.91. The van der Waals surface area contributed by atoms with Crippen molar-refractivity contribution in [1.82, 2.24) is 9.97 Å². The largest absolute Gasteiger partial charge is 0.377 e. The van der Waals surface area contributed by atoms with Crippen LogP contribution in [-0.2, 0) is 16.1 Å². The maximum Gasteiger partial charge on any atom is 0.0896 e. The molecule has 0 bridgehead atoms. The Morgan fingerprint density at radius 1 is 1.05 bits per heavy atom. The first kappa shape index (κ1) is 14.6. The molecule has 2 atom stereocenters. The Morgan fingerprint density at radius 2 is 1.85 bits per heavy atom. The van der Waals surface area contributed by atoms with Crippen molar-refractivity contribution >= 4 is 0 Å². The molecule has 2 rings (SSSR count). The number of ether oxygens (including phenoxy) is 2. The maximum absolute atomic E-state index is 5.81. The monoisotopic (exact) mass is 272 g/mol. The van der Waals surface area contributed by atoms with Gasteiger partial charge in [0, 0.05) is 25.7 Å². The second kappa shape index (κ2) is 7.12. The Kier molecular flexibility index (Phi) is 5.21. The fraction of sp³-hybridized carbons (Fsp3) is 0.375. The third kappa shape index (κ3) is 3.85. The topological polar surface area (TPSA) is 44.2 Å². The lowest BCUT2D eigenvalue weighted by molar-refractivity contribution is 0.0502. The van der Waals surface area contributed by atoms with Gasteiger partial charge in [-0.15, -0.1) is 0 Å². The minimum absolute atomic E-state index is 0.00285. The molecule has 4 nitrogen and oxygen atoms in total. The van der Waals surface area contributed by atoms with Crippen LogP contribution in [0.1, 0.15) is 42.9 Å². The zero-order chi connectivity index (χ0) is 14.4. The van der Waals surface area contributed by atoms with Crippen LogP contribution in [0.5, 0.6) is 0 Å². The highest BCUT2D eigenvalue weighted by Gasteiger charge is 2.07. The zero-order valence-corrected chi connectivity index (χ0v) is 12.1. The van der Waals surface area contributed by atoms with Crippen LogP contribution in [0.25, 0.3) is 0 Å². The van der Waals surface area contributed by atoms with Gasteiger partial charge in [0.05, 0.1) is 24.5 Å². The summed E-state index contributed by atoms with van der Waals surface area (Å²) in [4.78, 5) is 8.48. The van der Waals surface area contributed by atoms with Gasteiger partial charge in [-0.05, 0) is 37.1 Å². The van der Waals surface area contributed by atoms with Crippen LogP contribution in [0, 0.1) is 0 Å². The van der Waals surface area contributed by atoms with E-state index in [1.54, 1.807) is 13.3 Å². The van der Waals surface area contributed by atoms with Gasteiger partial charge >= 0.3 is 0 Å². The van der Waals surface area contributed by atoms with E-state index >= 15 is 0 Å².